The van der Waals surface area contributed by atoms with Crippen LogP contribution >= 0.6 is 0 Å². The van der Waals surface area contributed by atoms with E-state index in [0.717, 1.165) is 24.8 Å². The summed E-state index contributed by atoms with van der Waals surface area (Å²) < 4.78 is 5.18. The largest absolute Gasteiger partial charge is 0.504 e. The van der Waals surface area contributed by atoms with Crippen molar-refractivity contribution in [3.8, 4) is 11.5 Å². The van der Waals surface area contributed by atoms with E-state index in [-0.39, 0.29) is 11.5 Å². The van der Waals surface area contributed by atoms with Crippen molar-refractivity contribution in [2.75, 3.05) is 7.11 Å². The van der Waals surface area contributed by atoms with Crippen LogP contribution in [0.1, 0.15) is 40.7 Å². The van der Waals surface area contributed by atoms with Crippen molar-refractivity contribution in [2.45, 2.75) is 32.1 Å². The van der Waals surface area contributed by atoms with Crippen molar-refractivity contribution in [3.63, 3.8) is 0 Å². The quantitative estimate of drug-likeness (QED) is 0.658. The number of phenolic OH excluding ortho intramolecular Hbond substituents is 1. The number of methoxy groups -OCH3 is 1. The van der Waals surface area contributed by atoms with Crippen LogP contribution in [0.25, 0.3) is 0 Å². The van der Waals surface area contributed by atoms with Crippen LogP contribution in [0.4, 0.5) is 0 Å². The minimum absolute atomic E-state index is 0.0754. The van der Waals surface area contributed by atoms with E-state index in [4.69, 9.17) is 4.74 Å². The van der Waals surface area contributed by atoms with Crippen molar-refractivity contribution in [2.24, 2.45) is 0 Å². The maximum absolute atomic E-state index is 12.2. The fourth-order valence-corrected chi connectivity index (χ4v) is 2.53. The van der Waals surface area contributed by atoms with Gasteiger partial charge in [-0.05, 0) is 37.3 Å². The molecule has 0 fully saturated rings. The molecule has 1 aliphatic rings. The fourth-order valence-electron chi connectivity index (χ4n) is 2.53. The van der Waals surface area contributed by atoms with Crippen molar-refractivity contribution in [3.05, 3.63) is 35.4 Å². The maximum Gasteiger partial charge on any atom is 0.163 e. The summed E-state index contributed by atoms with van der Waals surface area (Å²) in [7, 11) is 1.53. The summed E-state index contributed by atoms with van der Waals surface area (Å²) in [6, 6.07) is 1.79. The van der Waals surface area contributed by atoms with Crippen LogP contribution < -0.4 is 4.74 Å². The number of allylic oxidation sites excluding steroid dienone is 1. The molecule has 0 amide bonds. The third-order valence-corrected chi connectivity index (χ3v) is 3.39. The van der Waals surface area contributed by atoms with Crippen LogP contribution in [0.2, 0.25) is 0 Å². The van der Waals surface area contributed by atoms with E-state index >= 15 is 0 Å². The Kier molecular flexibility index (Phi) is 3.70. The summed E-state index contributed by atoms with van der Waals surface area (Å²) in [5.74, 6) is 0.643. The number of ether oxygens (including phenoxy) is 1. The van der Waals surface area contributed by atoms with E-state index in [2.05, 4.69) is 6.58 Å². The molecule has 0 saturated heterocycles. The molecule has 96 valence electrons. The van der Waals surface area contributed by atoms with Crippen LogP contribution in [-0.2, 0) is 12.8 Å². The molecule has 0 aromatic heterocycles. The Morgan fingerprint density at radius 2 is 2.17 bits per heavy atom. The molecular formula is C15H18O3. The monoisotopic (exact) mass is 246 g/mol. The smallest absolute Gasteiger partial charge is 0.163 e. The SMILES string of the molecule is C=CCc1c(O)c(OC)cc2c1C(=O)CCCC2. The number of phenols is 1. The lowest BCUT2D eigenvalue weighted by atomic mass is 9.93. The van der Waals surface area contributed by atoms with Crippen LogP contribution in [0, 0.1) is 0 Å². The lowest BCUT2D eigenvalue weighted by Crippen LogP contribution is -2.07. The molecule has 1 N–H and O–H groups in total. The molecule has 0 spiro atoms. The normalized spacial score (nSPS) is 14.8. The van der Waals surface area contributed by atoms with Gasteiger partial charge in [0.2, 0.25) is 0 Å². The Morgan fingerprint density at radius 3 is 2.83 bits per heavy atom. The lowest BCUT2D eigenvalue weighted by molar-refractivity contribution is 0.0980. The highest BCUT2D eigenvalue weighted by atomic mass is 16.5. The molecule has 1 aromatic carbocycles. The number of benzene rings is 1. The molecule has 0 aliphatic heterocycles. The van der Waals surface area contributed by atoms with Gasteiger partial charge in [0.25, 0.3) is 0 Å². The summed E-state index contributed by atoms with van der Waals surface area (Å²) in [6.07, 6.45) is 5.51. The summed E-state index contributed by atoms with van der Waals surface area (Å²) in [4.78, 5) is 12.2. The Morgan fingerprint density at radius 1 is 1.44 bits per heavy atom. The molecule has 18 heavy (non-hydrogen) atoms. The maximum atomic E-state index is 12.2. The van der Waals surface area contributed by atoms with Crippen molar-refractivity contribution in [1.29, 1.82) is 0 Å². The molecular weight excluding hydrogens is 228 g/mol. The Bertz CT molecular complexity index is 489. The molecule has 0 saturated carbocycles. The number of ketones is 1. The molecule has 1 aliphatic carbocycles. The molecule has 1 aromatic rings. The fraction of sp³-hybridized carbons (Fsp3) is 0.400. The van der Waals surface area contributed by atoms with Crippen molar-refractivity contribution >= 4 is 5.78 Å². The number of hydrogen-bond acceptors (Lipinski definition) is 3. The van der Waals surface area contributed by atoms with Gasteiger partial charge in [-0.25, -0.2) is 0 Å². The number of carbonyl (C=O) groups excluding carboxylic acids is 1. The highest BCUT2D eigenvalue weighted by molar-refractivity contribution is 6.00. The van der Waals surface area contributed by atoms with Crippen LogP contribution in [0.3, 0.4) is 0 Å². The Balaban J connectivity index is 2.66. The predicted octanol–water partition coefficient (Wildman–Crippen LogP) is 3.04. The third kappa shape index (κ3) is 2.13. The number of Topliss-reactive ketones (excluding diaryl/α,β-unsaturated/α-hetero) is 1. The summed E-state index contributed by atoms with van der Waals surface area (Å²) in [6.45, 7) is 3.69. The molecule has 3 heteroatoms. The zero-order valence-electron chi connectivity index (χ0n) is 10.7. The minimum atomic E-state index is 0.0754. The van der Waals surface area contributed by atoms with Gasteiger partial charge < -0.3 is 9.84 Å². The topological polar surface area (TPSA) is 46.5 Å². The van der Waals surface area contributed by atoms with Crippen molar-refractivity contribution < 1.29 is 14.6 Å². The standard InChI is InChI=1S/C15H18O3/c1-3-6-11-14-10(7-4-5-8-12(14)16)9-13(18-2)15(11)17/h3,9,17H,1,4-8H2,2H3. The van der Waals surface area contributed by atoms with Gasteiger partial charge in [-0.15, -0.1) is 6.58 Å². The van der Waals surface area contributed by atoms with E-state index in [1.54, 1.807) is 12.1 Å². The highest BCUT2D eigenvalue weighted by Gasteiger charge is 2.23. The Hall–Kier alpha value is -1.77. The van der Waals surface area contributed by atoms with Gasteiger partial charge in [-0.1, -0.05) is 6.08 Å². The first-order valence-electron chi connectivity index (χ1n) is 6.24. The number of carbonyl (C=O) groups is 1. The zero-order valence-corrected chi connectivity index (χ0v) is 10.7. The molecule has 0 unspecified atom stereocenters. The average Bonchev–Trinajstić information content (AvgIpc) is 2.54. The highest BCUT2D eigenvalue weighted by Crippen LogP contribution is 2.38. The minimum Gasteiger partial charge on any atom is -0.504 e. The first kappa shape index (κ1) is 12.7. The summed E-state index contributed by atoms with van der Waals surface area (Å²) >= 11 is 0. The van der Waals surface area contributed by atoms with Gasteiger partial charge in [0, 0.05) is 17.5 Å². The van der Waals surface area contributed by atoms with Gasteiger partial charge in [0.15, 0.2) is 17.3 Å². The molecule has 0 atom stereocenters. The lowest BCUT2D eigenvalue weighted by Gasteiger charge is -2.15. The summed E-state index contributed by atoms with van der Waals surface area (Å²) in [5, 5.41) is 10.2. The number of hydrogen-bond donors (Lipinski definition) is 1. The molecule has 3 nitrogen and oxygen atoms in total. The van der Waals surface area contributed by atoms with E-state index < -0.39 is 0 Å². The van der Waals surface area contributed by atoms with Gasteiger partial charge >= 0.3 is 0 Å². The second-order valence-corrected chi connectivity index (χ2v) is 4.56. The van der Waals surface area contributed by atoms with Gasteiger partial charge in [0.05, 0.1) is 7.11 Å². The Labute approximate surface area is 107 Å². The van der Waals surface area contributed by atoms with Gasteiger partial charge in [0.1, 0.15) is 0 Å². The predicted molar refractivity (Wildman–Crippen MR) is 70.4 cm³/mol. The van der Waals surface area contributed by atoms with E-state index in [0.29, 0.717) is 29.7 Å². The third-order valence-electron chi connectivity index (χ3n) is 3.39. The van der Waals surface area contributed by atoms with Gasteiger partial charge in [-0.2, -0.15) is 0 Å². The molecule has 2 rings (SSSR count). The number of aryl methyl sites for hydroxylation is 1. The van der Waals surface area contributed by atoms with Crippen LogP contribution in [0.5, 0.6) is 11.5 Å². The van der Waals surface area contributed by atoms with E-state index in [1.807, 2.05) is 0 Å². The number of aromatic hydroxyl groups is 1. The van der Waals surface area contributed by atoms with Crippen LogP contribution in [-0.4, -0.2) is 18.0 Å². The van der Waals surface area contributed by atoms with Gasteiger partial charge in [-0.3, -0.25) is 4.79 Å². The second kappa shape index (κ2) is 5.25. The average molecular weight is 246 g/mol. The van der Waals surface area contributed by atoms with Crippen LogP contribution in [0.15, 0.2) is 18.7 Å². The molecule has 0 bridgehead atoms. The van der Waals surface area contributed by atoms with Crippen molar-refractivity contribution in [1.82, 2.24) is 0 Å². The van der Waals surface area contributed by atoms with E-state index in [1.165, 1.54) is 7.11 Å². The first-order chi connectivity index (χ1) is 8.69. The van der Waals surface area contributed by atoms with E-state index in [9.17, 15) is 9.90 Å². The summed E-state index contributed by atoms with van der Waals surface area (Å²) in [5.41, 5.74) is 2.33. The number of rotatable bonds is 3. The second-order valence-electron chi connectivity index (χ2n) is 4.56. The molecule has 0 radical (unpaired) electrons. The number of fused-ring (bicyclic) bond motifs is 1. The first-order valence-corrected chi connectivity index (χ1v) is 6.24. The molecule has 0 heterocycles. The zero-order chi connectivity index (χ0) is 13.1.